The zero-order chi connectivity index (χ0) is 19.3. The molecular weight excluding hydrogens is 350 g/mol. The van der Waals surface area contributed by atoms with Gasteiger partial charge >= 0.3 is 0 Å². The Labute approximate surface area is 161 Å². The Balaban J connectivity index is 1.92. The third-order valence-electron chi connectivity index (χ3n) is 5.16. The van der Waals surface area contributed by atoms with E-state index in [2.05, 4.69) is 0 Å². The zero-order valence-electron chi connectivity index (χ0n) is 14.8. The summed E-state index contributed by atoms with van der Waals surface area (Å²) in [6, 6.07) is 27.0. The molecule has 1 heterocycles. The van der Waals surface area contributed by atoms with E-state index in [1.165, 1.54) is 0 Å². The lowest BCUT2D eigenvalue weighted by Gasteiger charge is -2.15. The van der Waals surface area contributed by atoms with E-state index >= 15 is 0 Å². The second kappa shape index (κ2) is 6.15. The molecule has 2 amide bonds. The maximum atomic E-state index is 12.7. The Morgan fingerprint density at radius 1 is 0.607 bits per heavy atom. The topological polar surface area (TPSA) is 57.6 Å². The molecule has 28 heavy (non-hydrogen) atoms. The van der Waals surface area contributed by atoms with Gasteiger partial charge in [0, 0.05) is 5.56 Å². The molecule has 1 N–H and O–H groups in total. The van der Waals surface area contributed by atoms with Gasteiger partial charge in [0.15, 0.2) is 0 Å². The number of benzene rings is 4. The first-order valence-electron chi connectivity index (χ1n) is 8.95. The van der Waals surface area contributed by atoms with E-state index < -0.39 is 11.8 Å². The third-order valence-corrected chi connectivity index (χ3v) is 5.16. The van der Waals surface area contributed by atoms with Crippen LogP contribution in [0.5, 0.6) is 0 Å². The molecule has 0 atom stereocenters. The van der Waals surface area contributed by atoms with Gasteiger partial charge < -0.3 is 0 Å². The first-order chi connectivity index (χ1) is 13.7. The molecule has 4 aromatic carbocycles. The van der Waals surface area contributed by atoms with Gasteiger partial charge in [-0.15, -0.1) is 5.06 Å². The summed E-state index contributed by atoms with van der Waals surface area (Å²) in [5.74, 6) is -1.38. The van der Waals surface area contributed by atoms with Crippen LogP contribution in [0.4, 0.5) is 0 Å². The van der Waals surface area contributed by atoms with E-state index in [0.717, 1.165) is 27.5 Å². The van der Waals surface area contributed by atoms with Gasteiger partial charge in [-0.25, -0.2) is 0 Å². The number of amides is 2. The number of nitrogens with zero attached hydrogens (tertiary/aromatic N) is 1. The largest absolute Gasteiger partial charge is 0.286 e. The van der Waals surface area contributed by atoms with Gasteiger partial charge in [0.05, 0.1) is 11.1 Å². The summed E-state index contributed by atoms with van der Waals surface area (Å²) in [7, 11) is 0. The molecule has 0 unspecified atom stereocenters. The molecule has 0 saturated carbocycles. The summed E-state index contributed by atoms with van der Waals surface area (Å²) >= 11 is 0. The monoisotopic (exact) mass is 365 g/mol. The molecule has 0 spiro atoms. The number of carbonyl (C=O) groups is 2. The van der Waals surface area contributed by atoms with Gasteiger partial charge in [0.2, 0.25) is 0 Å². The second-order valence-electron chi connectivity index (χ2n) is 6.73. The smallest absolute Gasteiger partial charge is 0.278 e. The molecule has 0 aromatic heterocycles. The highest BCUT2D eigenvalue weighted by atomic mass is 16.5. The Morgan fingerprint density at radius 2 is 1.25 bits per heavy atom. The summed E-state index contributed by atoms with van der Waals surface area (Å²) in [6.07, 6.45) is 0. The summed E-state index contributed by atoms with van der Waals surface area (Å²) in [6.45, 7) is 0. The Morgan fingerprint density at radius 3 is 2.04 bits per heavy atom. The summed E-state index contributed by atoms with van der Waals surface area (Å²) in [5, 5.41) is 11.9. The zero-order valence-corrected chi connectivity index (χ0v) is 14.8. The van der Waals surface area contributed by atoms with Crippen LogP contribution in [0.25, 0.3) is 33.0 Å². The molecule has 5 rings (SSSR count). The van der Waals surface area contributed by atoms with Gasteiger partial charge in [-0.1, -0.05) is 78.9 Å². The molecule has 134 valence electrons. The summed E-state index contributed by atoms with van der Waals surface area (Å²) in [5.41, 5.74) is 3.95. The van der Waals surface area contributed by atoms with Crippen molar-refractivity contribution in [1.29, 1.82) is 0 Å². The lowest BCUT2D eigenvalue weighted by Crippen LogP contribution is -2.25. The molecule has 0 bridgehead atoms. The van der Waals surface area contributed by atoms with Crippen molar-refractivity contribution >= 4 is 22.6 Å². The van der Waals surface area contributed by atoms with E-state index in [4.69, 9.17) is 0 Å². The van der Waals surface area contributed by atoms with Crippen LogP contribution in [0, 0.1) is 0 Å². The molecular formula is C24H15NO3. The lowest BCUT2D eigenvalue weighted by molar-refractivity contribution is -0.0326. The molecule has 0 radical (unpaired) electrons. The number of hydrogen-bond donors (Lipinski definition) is 1. The van der Waals surface area contributed by atoms with Gasteiger partial charge in [-0.2, -0.15) is 0 Å². The average Bonchev–Trinajstić information content (AvgIpc) is 2.97. The van der Waals surface area contributed by atoms with Crippen LogP contribution in [0.2, 0.25) is 0 Å². The fraction of sp³-hybridized carbons (Fsp3) is 0. The van der Waals surface area contributed by atoms with Crippen molar-refractivity contribution in [1.82, 2.24) is 5.06 Å². The highest BCUT2D eigenvalue weighted by Crippen LogP contribution is 2.42. The molecule has 4 heteroatoms. The number of hydrogen-bond acceptors (Lipinski definition) is 3. The van der Waals surface area contributed by atoms with E-state index in [1.54, 1.807) is 6.07 Å². The third kappa shape index (κ3) is 2.29. The highest BCUT2D eigenvalue weighted by Gasteiger charge is 2.38. The first kappa shape index (κ1) is 16.4. The van der Waals surface area contributed by atoms with Gasteiger partial charge in [-0.3, -0.25) is 14.8 Å². The predicted octanol–water partition coefficient (Wildman–Crippen LogP) is 5.16. The van der Waals surface area contributed by atoms with Crippen molar-refractivity contribution in [3.63, 3.8) is 0 Å². The number of carbonyl (C=O) groups excluding carboxylic acids is 2. The molecule has 0 fully saturated rings. The Hall–Kier alpha value is -3.76. The van der Waals surface area contributed by atoms with Gasteiger partial charge in [0.25, 0.3) is 11.8 Å². The molecule has 1 aliphatic heterocycles. The number of rotatable bonds is 2. The molecule has 0 saturated heterocycles. The minimum Gasteiger partial charge on any atom is -0.278 e. The van der Waals surface area contributed by atoms with E-state index in [-0.39, 0.29) is 16.2 Å². The average molecular weight is 365 g/mol. The Bertz CT molecular complexity index is 1260. The SMILES string of the molecule is O=C1c2cc3ccccc3c(-c3ccccc3-c3ccccc3)c2C(=O)N1O. The van der Waals surface area contributed by atoms with Crippen LogP contribution in [0.3, 0.4) is 0 Å². The van der Waals surface area contributed by atoms with E-state index in [1.807, 2.05) is 78.9 Å². The fourth-order valence-electron chi connectivity index (χ4n) is 3.90. The molecule has 4 aromatic rings. The van der Waals surface area contributed by atoms with Crippen molar-refractivity contribution in [2.45, 2.75) is 0 Å². The van der Waals surface area contributed by atoms with Crippen LogP contribution in [0.1, 0.15) is 20.7 Å². The quantitative estimate of drug-likeness (QED) is 0.394. The van der Waals surface area contributed by atoms with Crippen molar-refractivity contribution in [3.8, 4) is 22.3 Å². The first-order valence-corrected chi connectivity index (χ1v) is 8.95. The second-order valence-corrected chi connectivity index (χ2v) is 6.73. The highest BCUT2D eigenvalue weighted by molar-refractivity contribution is 6.27. The van der Waals surface area contributed by atoms with E-state index in [0.29, 0.717) is 5.56 Å². The minimum absolute atomic E-state index is 0.207. The number of hydroxylamine groups is 2. The van der Waals surface area contributed by atoms with Crippen LogP contribution in [0.15, 0.2) is 84.9 Å². The summed E-state index contributed by atoms with van der Waals surface area (Å²) < 4.78 is 0. The van der Waals surface area contributed by atoms with Gasteiger partial charge in [-0.05, 0) is 33.5 Å². The van der Waals surface area contributed by atoms with Crippen molar-refractivity contribution < 1.29 is 14.8 Å². The van der Waals surface area contributed by atoms with Crippen LogP contribution in [-0.2, 0) is 0 Å². The van der Waals surface area contributed by atoms with Crippen LogP contribution in [-0.4, -0.2) is 22.1 Å². The maximum Gasteiger partial charge on any atom is 0.286 e. The standard InChI is InChI=1S/C24H15NO3/c26-23-20-14-16-10-4-5-12-18(16)21(22(20)24(27)25(23)28)19-13-7-6-11-17(19)15-8-2-1-3-9-15/h1-14,28H. The maximum absolute atomic E-state index is 12.7. The number of imide groups is 1. The van der Waals surface area contributed by atoms with E-state index in [9.17, 15) is 14.8 Å². The normalized spacial score (nSPS) is 13.2. The lowest BCUT2D eigenvalue weighted by atomic mass is 9.86. The minimum atomic E-state index is -0.691. The van der Waals surface area contributed by atoms with Crippen LogP contribution < -0.4 is 0 Å². The van der Waals surface area contributed by atoms with Crippen molar-refractivity contribution in [3.05, 3.63) is 96.1 Å². The summed E-state index contributed by atoms with van der Waals surface area (Å²) in [4.78, 5) is 25.2. The predicted molar refractivity (Wildman–Crippen MR) is 107 cm³/mol. The molecule has 1 aliphatic rings. The van der Waals surface area contributed by atoms with Gasteiger partial charge in [0.1, 0.15) is 0 Å². The molecule has 4 nitrogen and oxygen atoms in total. The molecule has 0 aliphatic carbocycles. The van der Waals surface area contributed by atoms with Crippen molar-refractivity contribution in [2.75, 3.05) is 0 Å². The fourth-order valence-corrected chi connectivity index (χ4v) is 3.90. The van der Waals surface area contributed by atoms with Crippen LogP contribution >= 0.6 is 0 Å². The Kier molecular flexibility index (Phi) is 3.60. The number of fused-ring (bicyclic) bond motifs is 2. The van der Waals surface area contributed by atoms with Crippen molar-refractivity contribution in [2.24, 2.45) is 0 Å².